The average molecular weight is 1350 g/mol. The van der Waals surface area contributed by atoms with Gasteiger partial charge in [-0.15, -0.1) is 0 Å². The summed E-state index contributed by atoms with van der Waals surface area (Å²) >= 11 is 0. The zero-order valence-corrected chi connectivity index (χ0v) is 61.6. The third kappa shape index (κ3) is 66.7. The van der Waals surface area contributed by atoms with E-state index in [0.717, 1.165) is 102 Å². The summed E-state index contributed by atoms with van der Waals surface area (Å²) in [5.41, 5.74) is 0. The fourth-order valence-corrected chi connectivity index (χ4v) is 12.7. The summed E-state index contributed by atoms with van der Waals surface area (Å²) in [6, 6.07) is 0. The number of esters is 4. The number of hydrogen-bond donors (Lipinski definition) is 3. The summed E-state index contributed by atoms with van der Waals surface area (Å²) in [5.74, 6) is -0.607. The van der Waals surface area contributed by atoms with Gasteiger partial charge in [-0.05, 0) is 37.5 Å². The van der Waals surface area contributed by atoms with Gasteiger partial charge in [-0.1, -0.05) is 324 Å². The van der Waals surface area contributed by atoms with Crippen LogP contribution in [0, 0.1) is 11.8 Å². The van der Waals surface area contributed by atoms with Gasteiger partial charge in [0.1, 0.15) is 19.3 Å². The molecule has 0 saturated carbocycles. The van der Waals surface area contributed by atoms with Crippen molar-refractivity contribution in [2.24, 2.45) is 11.8 Å². The predicted molar refractivity (Wildman–Crippen MR) is 372 cm³/mol. The van der Waals surface area contributed by atoms with E-state index < -0.39 is 97.5 Å². The van der Waals surface area contributed by atoms with Crippen molar-refractivity contribution in [3.8, 4) is 0 Å². The molecule has 546 valence electrons. The first kappa shape index (κ1) is 90.1. The molecular weight excluding hydrogens is 1210 g/mol. The van der Waals surface area contributed by atoms with Gasteiger partial charge in [0.25, 0.3) is 0 Å². The predicted octanol–water partition coefficient (Wildman–Crippen LogP) is 21.2. The Labute approximate surface area is 562 Å². The van der Waals surface area contributed by atoms with E-state index in [1.165, 1.54) is 193 Å². The van der Waals surface area contributed by atoms with Crippen molar-refractivity contribution in [2.45, 2.75) is 394 Å². The van der Waals surface area contributed by atoms with E-state index in [0.29, 0.717) is 25.7 Å². The molecule has 0 amide bonds. The smallest absolute Gasteiger partial charge is 0.462 e. The number of ether oxygens (including phenoxy) is 4. The largest absolute Gasteiger partial charge is 0.472 e. The Morgan fingerprint density at radius 2 is 0.500 bits per heavy atom. The lowest BCUT2D eigenvalue weighted by atomic mass is 10.0. The first-order chi connectivity index (χ1) is 44.4. The molecule has 0 aromatic rings. The zero-order chi connectivity index (χ0) is 67.9. The molecule has 0 aliphatic carbocycles. The van der Waals surface area contributed by atoms with Crippen LogP contribution in [0.1, 0.15) is 375 Å². The van der Waals surface area contributed by atoms with Gasteiger partial charge in [0.2, 0.25) is 0 Å². The van der Waals surface area contributed by atoms with Crippen LogP contribution in [-0.4, -0.2) is 96.7 Å². The summed E-state index contributed by atoms with van der Waals surface area (Å²) in [7, 11) is -9.91. The maximum absolute atomic E-state index is 13.0. The molecule has 0 radical (unpaired) electrons. The molecule has 92 heavy (non-hydrogen) atoms. The molecular formula is C73H142O17P2. The highest BCUT2D eigenvalue weighted by Crippen LogP contribution is 2.45. The van der Waals surface area contributed by atoms with Crippen molar-refractivity contribution in [1.82, 2.24) is 0 Å². The van der Waals surface area contributed by atoms with Crippen LogP contribution in [-0.2, 0) is 65.4 Å². The van der Waals surface area contributed by atoms with Crippen molar-refractivity contribution in [2.75, 3.05) is 39.6 Å². The van der Waals surface area contributed by atoms with Gasteiger partial charge < -0.3 is 33.8 Å². The van der Waals surface area contributed by atoms with Gasteiger partial charge in [-0.2, -0.15) is 0 Å². The molecule has 0 heterocycles. The summed E-state index contributed by atoms with van der Waals surface area (Å²) in [5, 5.41) is 10.6. The van der Waals surface area contributed by atoms with E-state index in [1.54, 1.807) is 0 Å². The lowest BCUT2D eigenvalue weighted by Gasteiger charge is -2.21. The molecule has 0 fully saturated rings. The molecule has 0 aromatic carbocycles. The van der Waals surface area contributed by atoms with E-state index in [2.05, 4.69) is 41.5 Å². The number of aliphatic hydroxyl groups is 1. The maximum Gasteiger partial charge on any atom is 0.472 e. The molecule has 0 spiro atoms. The Bertz CT molecular complexity index is 1790. The van der Waals surface area contributed by atoms with Gasteiger partial charge in [-0.3, -0.25) is 37.3 Å². The van der Waals surface area contributed by atoms with Gasteiger partial charge in [0.15, 0.2) is 12.2 Å². The second-order valence-corrected chi connectivity index (χ2v) is 30.2. The second kappa shape index (κ2) is 65.0. The number of carbonyl (C=O) groups is 4. The molecule has 5 atom stereocenters. The molecule has 0 saturated heterocycles. The minimum absolute atomic E-state index is 0.106. The molecule has 3 N–H and O–H groups in total. The molecule has 0 rings (SSSR count). The Morgan fingerprint density at radius 3 is 0.739 bits per heavy atom. The van der Waals surface area contributed by atoms with Crippen LogP contribution in [0.5, 0.6) is 0 Å². The van der Waals surface area contributed by atoms with Gasteiger partial charge in [0, 0.05) is 25.7 Å². The second-order valence-electron chi connectivity index (χ2n) is 27.3. The molecule has 0 aliphatic heterocycles. The van der Waals surface area contributed by atoms with E-state index in [9.17, 15) is 43.2 Å². The number of phosphoric ester groups is 2. The zero-order valence-electron chi connectivity index (χ0n) is 59.9. The lowest BCUT2D eigenvalue weighted by Crippen LogP contribution is -2.30. The quantitative estimate of drug-likeness (QED) is 0.0222. The number of hydrogen-bond acceptors (Lipinski definition) is 15. The van der Waals surface area contributed by atoms with Crippen molar-refractivity contribution >= 4 is 39.5 Å². The summed E-state index contributed by atoms with van der Waals surface area (Å²) in [6.45, 7) is 9.56. The number of phosphoric acid groups is 2. The number of unbranched alkanes of at least 4 members (excludes halogenated alkanes) is 42. The standard InChI is InChI=1S/C73H142O17P2/c1-7-9-11-13-15-17-19-21-22-24-33-39-45-51-57-72(77)89-68(62-84-71(76)56-50-44-38-32-27-25-29-35-41-47-53-65(3)4)63-87-91(79,80)85-59-67(74)60-86-92(81,82)88-64-69(61-83-70(75)55-49-43-37-31-23-20-18-16-14-12-10-8-2)90-73(78)58-52-46-40-34-28-26-30-36-42-48-54-66(5)6/h65-69,74H,7-64H2,1-6H3,(H,79,80)(H,81,82)/t67-,68-,69-/m1/s1. The summed E-state index contributed by atoms with van der Waals surface area (Å²) in [4.78, 5) is 72.7. The first-order valence-corrected chi connectivity index (χ1v) is 41.0. The van der Waals surface area contributed by atoms with Gasteiger partial charge in [-0.25, -0.2) is 9.13 Å². The van der Waals surface area contributed by atoms with E-state index >= 15 is 0 Å². The van der Waals surface area contributed by atoms with E-state index in [1.807, 2.05) is 0 Å². The topological polar surface area (TPSA) is 237 Å². The Balaban J connectivity index is 5.27. The number of rotatable bonds is 72. The van der Waals surface area contributed by atoms with Crippen LogP contribution >= 0.6 is 15.6 Å². The molecule has 17 nitrogen and oxygen atoms in total. The number of carbonyl (C=O) groups excluding carboxylic acids is 4. The average Bonchev–Trinajstić information content (AvgIpc) is 1.63. The molecule has 0 aromatic heterocycles. The monoisotopic (exact) mass is 1350 g/mol. The van der Waals surface area contributed by atoms with Crippen LogP contribution in [0.4, 0.5) is 0 Å². The highest BCUT2D eigenvalue weighted by molar-refractivity contribution is 7.47. The fraction of sp³-hybridized carbons (Fsp3) is 0.945. The minimum atomic E-state index is -4.95. The number of aliphatic hydroxyl groups excluding tert-OH is 1. The van der Waals surface area contributed by atoms with Crippen molar-refractivity contribution in [3.63, 3.8) is 0 Å². The van der Waals surface area contributed by atoms with Crippen LogP contribution in [0.25, 0.3) is 0 Å². The molecule has 2 unspecified atom stereocenters. The lowest BCUT2D eigenvalue weighted by molar-refractivity contribution is -0.161. The van der Waals surface area contributed by atoms with Crippen LogP contribution < -0.4 is 0 Å². The van der Waals surface area contributed by atoms with Crippen LogP contribution in [0.15, 0.2) is 0 Å². The Kier molecular flexibility index (Phi) is 63.7. The first-order valence-electron chi connectivity index (χ1n) is 38.0. The van der Waals surface area contributed by atoms with Crippen LogP contribution in [0.3, 0.4) is 0 Å². The van der Waals surface area contributed by atoms with Crippen LogP contribution in [0.2, 0.25) is 0 Å². The third-order valence-corrected chi connectivity index (χ3v) is 18.9. The van der Waals surface area contributed by atoms with E-state index in [-0.39, 0.29) is 25.7 Å². The van der Waals surface area contributed by atoms with Crippen molar-refractivity contribution < 1.29 is 80.2 Å². The molecule has 0 aliphatic rings. The normalized spacial score (nSPS) is 14.1. The summed E-state index contributed by atoms with van der Waals surface area (Å²) < 4.78 is 68.4. The highest BCUT2D eigenvalue weighted by Gasteiger charge is 2.30. The molecule has 19 heteroatoms. The maximum atomic E-state index is 13.0. The Morgan fingerprint density at radius 1 is 0.293 bits per heavy atom. The highest BCUT2D eigenvalue weighted by atomic mass is 31.2. The van der Waals surface area contributed by atoms with Crippen molar-refractivity contribution in [3.05, 3.63) is 0 Å². The summed E-state index contributed by atoms with van der Waals surface area (Å²) in [6.07, 6.45) is 51.1. The SMILES string of the molecule is CCCCCCCCCCCCCCCCC(=O)O[C@H](COC(=O)CCCCCCCCCCCCC(C)C)COP(=O)(O)OC[C@@H](O)COP(=O)(O)OC[C@@H](COC(=O)CCCCCCCCCCCCCC)OC(=O)CCCCCCCCCCCCC(C)C. The fourth-order valence-electron chi connectivity index (χ4n) is 11.1. The Hall–Kier alpha value is -1.94. The minimum Gasteiger partial charge on any atom is -0.462 e. The third-order valence-electron chi connectivity index (χ3n) is 17.0. The van der Waals surface area contributed by atoms with Gasteiger partial charge >= 0.3 is 39.5 Å². The van der Waals surface area contributed by atoms with E-state index in [4.69, 9.17) is 37.0 Å². The van der Waals surface area contributed by atoms with Crippen molar-refractivity contribution in [1.29, 1.82) is 0 Å². The van der Waals surface area contributed by atoms with Gasteiger partial charge in [0.05, 0.1) is 26.4 Å². The molecule has 0 bridgehead atoms.